The first-order valence-electron chi connectivity index (χ1n) is 12.2. The minimum atomic E-state index is -3.94. The van der Waals surface area contributed by atoms with E-state index >= 15 is 0 Å². The molecule has 0 saturated carbocycles. The Bertz CT molecular complexity index is 1440. The topological polar surface area (TPSA) is 78.2 Å². The average Bonchev–Trinajstić information content (AvgIpc) is 2.90. The van der Waals surface area contributed by atoms with Gasteiger partial charge in [0, 0.05) is 11.6 Å². The molecule has 3 aromatic rings. The number of aryl methyl sites for hydroxylation is 1. The highest BCUT2D eigenvalue weighted by Gasteiger charge is 2.47. The molecule has 1 heterocycles. The number of sulfone groups is 1. The van der Waals surface area contributed by atoms with Crippen LogP contribution in [-0.4, -0.2) is 24.5 Å². The number of nitrogens with zero attached hydrogens (tertiary/aromatic N) is 2. The zero-order valence-corrected chi connectivity index (χ0v) is 21.0. The van der Waals surface area contributed by atoms with Crippen LogP contribution >= 0.6 is 0 Å². The van der Waals surface area contributed by atoms with Gasteiger partial charge in [0.15, 0.2) is 9.84 Å². The molecule has 3 unspecified atom stereocenters. The fourth-order valence-electron chi connectivity index (χ4n) is 5.50. The van der Waals surface area contributed by atoms with Gasteiger partial charge in [-0.05, 0) is 55.0 Å². The van der Waals surface area contributed by atoms with Gasteiger partial charge in [-0.15, -0.1) is 0 Å². The molecule has 36 heavy (non-hydrogen) atoms. The lowest BCUT2D eigenvalue weighted by molar-refractivity contribution is -0.130. The molecular weight excluding hydrogens is 468 g/mol. The molecule has 1 aliphatic carbocycles. The van der Waals surface area contributed by atoms with E-state index in [4.69, 9.17) is 0 Å². The molecule has 0 fully saturated rings. The van der Waals surface area contributed by atoms with E-state index in [1.54, 1.807) is 29.2 Å². The molecular formula is C30H28N2O3S. The lowest BCUT2D eigenvalue weighted by Gasteiger charge is -2.43. The van der Waals surface area contributed by atoms with Crippen LogP contribution in [0.1, 0.15) is 41.9 Å². The first kappa shape index (κ1) is 24.0. The summed E-state index contributed by atoms with van der Waals surface area (Å²) in [6.45, 7) is 2.20. The van der Waals surface area contributed by atoms with Crippen LogP contribution in [0.4, 0.5) is 0 Å². The molecule has 3 aromatic carbocycles. The molecule has 1 aliphatic heterocycles. The Morgan fingerprint density at radius 3 is 2.22 bits per heavy atom. The van der Waals surface area contributed by atoms with Crippen LogP contribution in [0.25, 0.3) is 0 Å². The first-order chi connectivity index (χ1) is 17.4. The molecule has 3 atom stereocenters. The van der Waals surface area contributed by atoms with Gasteiger partial charge < -0.3 is 4.90 Å². The molecule has 5 rings (SSSR count). The van der Waals surface area contributed by atoms with E-state index in [0.717, 1.165) is 28.0 Å². The van der Waals surface area contributed by atoms with Crippen LogP contribution in [-0.2, 0) is 21.2 Å². The van der Waals surface area contributed by atoms with Gasteiger partial charge in [-0.3, -0.25) is 4.79 Å². The van der Waals surface area contributed by atoms with E-state index < -0.39 is 15.1 Å². The molecule has 0 aromatic heterocycles. The van der Waals surface area contributed by atoms with Crippen LogP contribution in [0.3, 0.4) is 0 Å². The lowest BCUT2D eigenvalue weighted by Crippen LogP contribution is -2.48. The van der Waals surface area contributed by atoms with Crippen molar-refractivity contribution in [3.05, 3.63) is 113 Å². The highest BCUT2D eigenvalue weighted by Crippen LogP contribution is 2.48. The number of nitriles is 1. The van der Waals surface area contributed by atoms with Crippen LogP contribution in [0.15, 0.2) is 101 Å². The largest absolute Gasteiger partial charge is 0.311 e. The fraction of sp³-hybridized carbons (Fsp3) is 0.267. The van der Waals surface area contributed by atoms with E-state index in [1.165, 1.54) is 0 Å². The maximum atomic E-state index is 13.9. The Morgan fingerprint density at radius 1 is 0.944 bits per heavy atom. The summed E-state index contributed by atoms with van der Waals surface area (Å²) >= 11 is 0. The van der Waals surface area contributed by atoms with E-state index in [9.17, 15) is 18.5 Å². The predicted molar refractivity (Wildman–Crippen MR) is 138 cm³/mol. The zero-order chi connectivity index (χ0) is 25.3. The van der Waals surface area contributed by atoms with Gasteiger partial charge in [-0.25, -0.2) is 8.42 Å². The van der Waals surface area contributed by atoms with Gasteiger partial charge in [0.2, 0.25) is 5.91 Å². The van der Waals surface area contributed by atoms with Crippen LogP contribution in [0.5, 0.6) is 0 Å². The lowest BCUT2D eigenvalue weighted by atomic mass is 9.71. The Labute approximate surface area is 212 Å². The number of carbonyl (C=O) groups excluding carboxylic acids is 1. The molecule has 0 spiro atoms. The minimum Gasteiger partial charge on any atom is -0.311 e. The number of amides is 1. The molecule has 0 bridgehead atoms. The number of hydrogen-bond donors (Lipinski definition) is 0. The summed E-state index contributed by atoms with van der Waals surface area (Å²) in [5, 5.41) is 8.79. The van der Waals surface area contributed by atoms with Gasteiger partial charge in [0.25, 0.3) is 0 Å². The van der Waals surface area contributed by atoms with Crippen molar-refractivity contribution in [1.82, 2.24) is 4.90 Å². The van der Waals surface area contributed by atoms with Crippen LogP contribution in [0.2, 0.25) is 0 Å². The monoisotopic (exact) mass is 496 g/mol. The fourth-order valence-corrected chi connectivity index (χ4v) is 7.13. The maximum Gasteiger partial charge on any atom is 0.246 e. The van der Waals surface area contributed by atoms with Crippen molar-refractivity contribution in [2.45, 2.75) is 48.8 Å². The zero-order valence-electron chi connectivity index (χ0n) is 20.2. The van der Waals surface area contributed by atoms with E-state index in [2.05, 4.69) is 6.07 Å². The summed E-state index contributed by atoms with van der Waals surface area (Å²) in [7, 11) is -3.94. The van der Waals surface area contributed by atoms with Gasteiger partial charge in [-0.2, -0.15) is 5.26 Å². The van der Waals surface area contributed by atoms with Gasteiger partial charge >= 0.3 is 0 Å². The van der Waals surface area contributed by atoms with Crippen LogP contribution < -0.4 is 0 Å². The highest BCUT2D eigenvalue weighted by molar-refractivity contribution is 7.92. The van der Waals surface area contributed by atoms with Crippen LogP contribution in [0, 0.1) is 24.2 Å². The van der Waals surface area contributed by atoms with Crippen molar-refractivity contribution in [3.8, 4) is 6.07 Å². The number of rotatable bonds is 5. The molecule has 5 nitrogen and oxygen atoms in total. The number of hydrogen-bond acceptors (Lipinski definition) is 4. The van der Waals surface area contributed by atoms with Gasteiger partial charge in [0.05, 0.1) is 23.4 Å². The Hall–Kier alpha value is -3.69. The van der Waals surface area contributed by atoms with Crippen molar-refractivity contribution in [2.24, 2.45) is 5.92 Å². The molecule has 0 radical (unpaired) electrons. The summed E-state index contributed by atoms with van der Waals surface area (Å²) in [5.41, 5.74) is 4.64. The molecule has 0 saturated heterocycles. The summed E-state index contributed by atoms with van der Waals surface area (Å²) in [6, 6.07) is 28.6. The standard InChI is InChI=1S/C30H28N2O3S/c1-21-12-15-25(16-13-21)36(34,35)28-18-26-27(32(30(28)33)20-22-8-4-2-5-9-22)17-14-24(19-31)29(26)23-10-6-3-7-11-23/h2-13,15-16,24,28-29H,14,17-18,20H2,1H3. The third-order valence-corrected chi connectivity index (χ3v) is 9.39. The smallest absolute Gasteiger partial charge is 0.246 e. The Morgan fingerprint density at radius 2 is 1.58 bits per heavy atom. The highest BCUT2D eigenvalue weighted by atomic mass is 32.2. The summed E-state index contributed by atoms with van der Waals surface area (Å²) < 4.78 is 27.7. The average molecular weight is 497 g/mol. The Kier molecular flexibility index (Phi) is 6.51. The van der Waals surface area contributed by atoms with E-state index in [0.29, 0.717) is 19.4 Å². The minimum absolute atomic E-state index is 0.105. The SMILES string of the molecule is Cc1ccc(S(=O)(=O)C2CC3=C(CCC(C#N)C3c3ccccc3)N(Cc3ccccc3)C2=O)cc1. The van der Waals surface area contributed by atoms with Crippen molar-refractivity contribution >= 4 is 15.7 Å². The molecule has 1 amide bonds. The van der Waals surface area contributed by atoms with Crippen molar-refractivity contribution in [2.75, 3.05) is 0 Å². The first-order valence-corrected chi connectivity index (χ1v) is 13.8. The maximum absolute atomic E-state index is 13.9. The molecule has 2 aliphatic rings. The second kappa shape index (κ2) is 9.75. The normalized spacial score (nSPS) is 22.2. The van der Waals surface area contributed by atoms with Gasteiger partial charge in [0.1, 0.15) is 5.25 Å². The third-order valence-electron chi connectivity index (χ3n) is 7.35. The van der Waals surface area contributed by atoms with Crippen molar-refractivity contribution < 1.29 is 13.2 Å². The predicted octanol–water partition coefficient (Wildman–Crippen LogP) is 5.54. The Balaban J connectivity index is 1.65. The number of benzene rings is 3. The summed E-state index contributed by atoms with van der Waals surface area (Å²) in [4.78, 5) is 15.7. The van der Waals surface area contributed by atoms with Crippen molar-refractivity contribution in [3.63, 3.8) is 0 Å². The summed E-state index contributed by atoms with van der Waals surface area (Å²) in [6.07, 6.45) is 1.31. The number of allylic oxidation sites excluding steroid dienone is 2. The second-order valence-corrected chi connectivity index (χ2v) is 11.7. The molecule has 6 heteroatoms. The van der Waals surface area contributed by atoms with Crippen molar-refractivity contribution in [1.29, 1.82) is 5.26 Å². The molecule has 0 N–H and O–H groups in total. The third kappa shape index (κ3) is 4.36. The van der Waals surface area contributed by atoms with E-state index in [1.807, 2.05) is 67.6 Å². The quantitative estimate of drug-likeness (QED) is 0.465. The van der Waals surface area contributed by atoms with E-state index in [-0.39, 0.29) is 29.1 Å². The van der Waals surface area contributed by atoms with Gasteiger partial charge in [-0.1, -0.05) is 78.4 Å². The molecule has 182 valence electrons. The second-order valence-electron chi connectivity index (χ2n) is 9.60. The summed E-state index contributed by atoms with van der Waals surface area (Å²) in [5.74, 6) is -0.914. The number of carbonyl (C=O) groups is 1.